The van der Waals surface area contributed by atoms with Gasteiger partial charge < -0.3 is 15.6 Å². The number of imidazole rings is 1. The highest BCUT2D eigenvalue weighted by Crippen LogP contribution is 2.25. The van der Waals surface area contributed by atoms with Crippen LogP contribution >= 0.6 is 11.3 Å². The zero-order valence-electron chi connectivity index (χ0n) is 18.4. The molecule has 3 N–H and O–H groups in total. The number of thiazole rings is 1. The lowest BCUT2D eigenvalue weighted by Crippen LogP contribution is -2.28. The average Bonchev–Trinajstić information content (AvgIpc) is 3.55. The zero-order chi connectivity index (χ0) is 23.0. The monoisotopic (exact) mass is 462 g/mol. The number of aromatic amines is 1. The summed E-state index contributed by atoms with van der Waals surface area (Å²) in [4.78, 5) is 41.1. The van der Waals surface area contributed by atoms with E-state index < -0.39 is 0 Å². The predicted molar refractivity (Wildman–Crippen MR) is 129 cm³/mol. The molecule has 0 fully saturated rings. The second-order valence-electron chi connectivity index (χ2n) is 7.76. The van der Waals surface area contributed by atoms with E-state index in [1.807, 2.05) is 30.3 Å². The minimum atomic E-state index is -0.271. The van der Waals surface area contributed by atoms with Crippen LogP contribution < -0.4 is 10.6 Å². The number of carbonyl (C=O) groups is 2. The smallest absolute Gasteiger partial charge is 0.263 e. The summed E-state index contributed by atoms with van der Waals surface area (Å²) in [7, 11) is 1.65. The highest BCUT2D eigenvalue weighted by atomic mass is 32.1. The van der Waals surface area contributed by atoms with E-state index in [1.54, 1.807) is 31.1 Å². The van der Waals surface area contributed by atoms with Crippen molar-refractivity contribution in [3.05, 3.63) is 65.1 Å². The molecule has 4 aromatic rings. The molecule has 170 valence electrons. The quantitative estimate of drug-likeness (QED) is 0.305. The SMILES string of the molecule is CNC(=O)CCCCCC(NC(=O)c1cncs1)c1ncc(-c2ccc3cccnc3c2)[nH]1. The van der Waals surface area contributed by atoms with E-state index in [4.69, 9.17) is 0 Å². The third-order valence-electron chi connectivity index (χ3n) is 5.48. The average molecular weight is 463 g/mol. The van der Waals surface area contributed by atoms with Gasteiger partial charge in [0, 0.05) is 30.6 Å². The van der Waals surface area contributed by atoms with Crippen LogP contribution in [0.25, 0.3) is 22.2 Å². The maximum Gasteiger partial charge on any atom is 0.263 e. The van der Waals surface area contributed by atoms with E-state index >= 15 is 0 Å². The van der Waals surface area contributed by atoms with Crippen molar-refractivity contribution in [2.24, 2.45) is 0 Å². The normalized spacial score (nSPS) is 11.9. The number of nitrogens with zero attached hydrogens (tertiary/aromatic N) is 3. The van der Waals surface area contributed by atoms with Gasteiger partial charge in [0.1, 0.15) is 10.7 Å². The molecule has 0 saturated carbocycles. The Morgan fingerprint density at radius 1 is 1.12 bits per heavy atom. The summed E-state index contributed by atoms with van der Waals surface area (Å²) >= 11 is 1.30. The van der Waals surface area contributed by atoms with Crippen molar-refractivity contribution in [3.63, 3.8) is 0 Å². The zero-order valence-corrected chi connectivity index (χ0v) is 19.2. The van der Waals surface area contributed by atoms with E-state index in [2.05, 4.69) is 30.6 Å². The third kappa shape index (κ3) is 5.81. The first-order valence-electron chi connectivity index (χ1n) is 10.9. The van der Waals surface area contributed by atoms with Crippen LogP contribution in [0.4, 0.5) is 0 Å². The van der Waals surface area contributed by atoms with E-state index in [0.717, 1.165) is 41.4 Å². The Balaban J connectivity index is 1.48. The van der Waals surface area contributed by atoms with Crippen LogP contribution in [0.5, 0.6) is 0 Å². The van der Waals surface area contributed by atoms with Crippen molar-refractivity contribution in [2.75, 3.05) is 7.05 Å². The number of fused-ring (bicyclic) bond motifs is 1. The van der Waals surface area contributed by atoms with Crippen LogP contribution in [0.3, 0.4) is 0 Å². The lowest BCUT2D eigenvalue weighted by molar-refractivity contribution is -0.120. The number of hydrogen-bond donors (Lipinski definition) is 3. The van der Waals surface area contributed by atoms with Gasteiger partial charge in [-0.05, 0) is 25.0 Å². The summed E-state index contributed by atoms with van der Waals surface area (Å²) in [5.41, 5.74) is 4.41. The first-order valence-corrected chi connectivity index (χ1v) is 11.8. The summed E-state index contributed by atoms with van der Waals surface area (Å²) in [5.74, 6) is 0.585. The minimum absolute atomic E-state index is 0.0469. The molecule has 0 aliphatic heterocycles. The second-order valence-corrected chi connectivity index (χ2v) is 8.64. The van der Waals surface area contributed by atoms with Gasteiger partial charge in [-0.25, -0.2) is 4.98 Å². The first kappa shape index (κ1) is 22.6. The number of nitrogens with one attached hydrogen (secondary N) is 3. The Morgan fingerprint density at radius 2 is 2.03 bits per heavy atom. The summed E-state index contributed by atoms with van der Waals surface area (Å²) in [5, 5.41) is 6.80. The fourth-order valence-corrected chi connectivity index (χ4v) is 4.19. The van der Waals surface area contributed by atoms with Gasteiger partial charge in [0.25, 0.3) is 5.91 Å². The fraction of sp³-hybridized carbons (Fsp3) is 0.292. The standard InChI is InChI=1S/C24H26N6O2S/c1-25-22(31)8-4-2-3-7-18(30-24(32)21-14-26-15-33-21)23-28-13-20(29-23)17-10-9-16-6-5-11-27-19(16)12-17/h5-6,9-15,18H,2-4,7-8H2,1H3,(H,25,31)(H,28,29)(H,30,32). The molecule has 0 radical (unpaired) electrons. The summed E-state index contributed by atoms with van der Waals surface area (Å²) < 4.78 is 0. The van der Waals surface area contributed by atoms with Crippen molar-refractivity contribution in [3.8, 4) is 11.3 Å². The van der Waals surface area contributed by atoms with Crippen LogP contribution in [0.2, 0.25) is 0 Å². The van der Waals surface area contributed by atoms with E-state index in [9.17, 15) is 9.59 Å². The highest BCUT2D eigenvalue weighted by Gasteiger charge is 2.20. The van der Waals surface area contributed by atoms with Crippen molar-refractivity contribution in [2.45, 2.75) is 38.1 Å². The molecule has 1 aromatic carbocycles. The maximum atomic E-state index is 12.7. The molecule has 0 aliphatic rings. The van der Waals surface area contributed by atoms with Crippen LogP contribution in [-0.4, -0.2) is 38.8 Å². The number of unbranched alkanes of at least 4 members (excludes halogenated alkanes) is 2. The number of amides is 2. The van der Waals surface area contributed by atoms with E-state index in [1.165, 1.54) is 11.3 Å². The number of carbonyl (C=O) groups excluding carboxylic acids is 2. The molecule has 9 heteroatoms. The molecule has 0 saturated heterocycles. The number of aromatic nitrogens is 4. The van der Waals surface area contributed by atoms with Gasteiger partial charge in [-0.1, -0.05) is 31.0 Å². The Hall–Kier alpha value is -3.59. The fourth-order valence-electron chi connectivity index (χ4n) is 3.66. The molecule has 4 rings (SSSR count). The summed E-state index contributed by atoms with van der Waals surface area (Å²) in [6, 6.07) is 9.77. The van der Waals surface area contributed by atoms with E-state index in [-0.39, 0.29) is 17.9 Å². The molecule has 1 atom stereocenters. The van der Waals surface area contributed by atoms with E-state index in [0.29, 0.717) is 23.5 Å². The number of hydrogen-bond acceptors (Lipinski definition) is 6. The molecule has 8 nitrogen and oxygen atoms in total. The summed E-state index contributed by atoms with van der Waals surface area (Å²) in [6.07, 6.45) is 8.92. The molecule has 0 bridgehead atoms. The number of benzene rings is 1. The van der Waals surface area contributed by atoms with Crippen LogP contribution in [0, 0.1) is 0 Å². The molecule has 1 unspecified atom stereocenters. The molecule has 3 aromatic heterocycles. The van der Waals surface area contributed by atoms with Gasteiger partial charge in [0.15, 0.2) is 0 Å². The minimum Gasteiger partial charge on any atom is -0.359 e. The first-order chi connectivity index (χ1) is 16.1. The summed E-state index contributed by atoms with van der Waals surface area (Å²) in [6.45, 7) is 0. The Bertz CT molecular complexity index is 1220. The lowest BCUT2D eigenvalue weighted by atomic mass is 10.1. The van der Waals surface area contributed by atoms with Crippen molar-refractivity contribution in [1.82, 2.24) is 30.6 Å². The molecule has 33 heavy (non-hydrogen) atoms. The molecule has 0 aliphatic carbocycles. The van der Waals surface area contributed by atoms with Crippen LogP contribution in [0.1, 0.15) is 53.6 Å². The van der Waals surface area contributed by atoms with Gasteiger partial charge in [-0.3, -0.25) is 19.6 Å². The number of pyridine rings is 1. The molecular formula is C24H26N6O2S. The maximum absolute atomic E-state index is 12.7. The Morgan fingerprint density at radius 3 is 2.85 bits per heavy atom. The topological polar surface area (TPSA) is 113 Å². The van der Waals surface area contributed by atoms with Crippen LogP contribution in [-0.2, 0) is 4.79 Å². The third-order valence-corrected chi connectivity index (χ3v) is 6.25. The van der Waals surface area contributed by atoms with Crippen LogP contribution in [0.15, 0.2) is 54.4 Å². The van der Waals surface area contributed by atoms with Gasteiger partial charge in [0.2, 0.25) is 5.91 Å². The van der Waals surface area contributed by atoms with Gasteiger partial charge in [-0.15, -0.1) is 11.3 Å². The predicted octanol–water partition coefficient (Wildman–Crippen LogP) is 4.25. The van der Waals surface area contributed by atoms with Crippen molar-refractivity contribution < 1.29 is 9.59 Å². The van der Waals surface area contributed by atoms with Crippen molar-refractivity contribution >= 4 is 34.1 Å². The largest absolute Gasteiger partial charge is 0.359 e. The highest BCUT2D eigenvalue weighted by molar-refractivity contribution is 7.11. The Labute approximate surface area is 195 Å². The molecular weight excluding hydrogens is 436 g/mol. The number of H-pyrrole nitrogens is 1. The molecule has 0 spiro atoms. The van der Waals surface area contributed by atoms with Gasteiger partial charge in [-0.2, -0.15) is 0 Å². The number of rotatable bonds is 10. The Kier molecular flexibility index (Phi) is 7.41. The molecule has 2 amide bonds. The van der Waals surface area contributed by atoms with Gasteiger partial charge in [0.05, 0.1) is 35.2 Å². The lowest BCUT2D eigenvalue weighted by Gasteiger charge is -2.16. The van der Waals surface area contributed by atoms with Crippen molar-refractivity contribution in [1.29, 1.82) is 0 Å². The second kappa shape index (κ2) is 10.8. The van der Waals surface area contributed by atoms with Gasteiger partial charge >= 0.3 is 0 Å². The molecule has 3 heterocycles.